The van der Waals surface area contributed by atoms with Gasteiger partial charge in [0.15, 0.2) is 0 Å². The second-order valence-electron chi connectivity index (χ2n) is 7.30. The zero-order valence-electron chi connectivity index (χ0n) is 15.3. The molecule has 1 heterocycles. The van der Waals surface area contributed by atoms with Gasteiger partial charge in [0.1, 0.15) is 5.82 Å². The van der Waals surface area contributed by atoms with Crippen LogP contribution in [0.15, 0.2) is 24.3 Å². The summed E-state index contributed by atoms with van der Waals surface area (Å²) < 4.78 is 13.7. The molecule has 0 unspecified atom stereocenters. The van der Waals surface area contributed by atoms with Gasteiger partial charge in [0.2, 0.25) is 5.91 Å². The molecule has 24 heavy (non-hydrogen) atoms. The fourth-order valence-corrected chi connectivity index (χ4v) is 3.52. The van der Waals surface area contributed by atoms with Crippen molar-refractivity contribution in [1.29, 1.82) is 0 Å². The van der Waals surface area contributed by atoms with Crippen LogP contribution in [0, 0.1) is 11.7 Å². The molecular weight excluding hydrogens is 305 g/mol. The van der Waals surface area contributed by atoms with Crippen LogP contribution < -0.4 is 5.32 Å². The number of rotatable bonds is 6. The molecule has 1 saturated heterocycles. The zero-order chi connectivity index (χ0) is 17.7. The summed E-state index contributed by atoms with van der Waals surface area (Å²) in [4.78, 5) is 16.7. The molecule has 1 aromatic carbocycles. The lowest BCUT2D eigenvalue weighted by Gasteiger charge is -2.34. The molecule has 1 amide bonds. The van der Waals surface area contributed by atoms with Crippen molar-refractivity contribution in [3.8, 4) is 0 Å². The Kier molecular flexibility index (Phi) is 6.75. The Balaban J connectivity index is 1.82. The minimum atomic E-state index is -0.140. The number of nitrogens with one attached hydrogen (secondary N) is 1. The number of amides is 1. The third-order valence-corrected chi connectivity index (χ3v) is 4.74. The minimum absolute atomic E-state index is 0.0959. The molecule has 1 aromatic rings. The van der Waals surface area contributed by atoms with Gasteiger partial charge >= 0.3 is 0 Å². The summed E-state index contributed by atoms with van der Waals surface area (Å²) in [5, 5.41) is 3.20. The molecule has 1 N–H and O–H groups in total. The van der Waals surface area contributed by atoms with Gasteiger partial charge in [0.25, 0.3) is 0 Å². The maximum absolute atomic E-state index is 13.7. The molecule has 0 saturated carbocycles. The van der Waals surface area contributed by atoms with Crippen LogP contribution in [0.1, 0.15) is 32.3 Å². The lowest BCUT2D eigenvalue weighted by molar-refractivity contribution is -0.128. The molecular formula is C19H30FN3O. The van der Waals surface area contributed by atoms with Gasteiger partial charge in [-0.3, -0.25) is 14.6 Å². The summed E-state index contributed by atoms with van der Waals surface area (Å²) in [6, 6.07) is 7.06. The smallest absolute Gasteiger partial charge is 0.237 e. The van der Waals surface area contributed by atoms with E-state index in [1.54, 1.807) is 6.07 Å². The van der Waals surface area contributed by atoms with Crippen molar-refractivity contribution in [2.45, 2.75) is 45.3 Å². The fourth-order valence-electron chi connectivity index (χ4n) is 3.52. The molecule has 0 aliphatic carbocycles. The van der Waals surface area contributed by atoms with E-state index in [2.05, 4.69) is 24.1 Å². The van der Waals surface area contributed by atoms with Gasteiger partial charge in [-0.05, 0) is 38.9 Å². The Bertz CT molecular complexity index is 531. The lowest BCUT2D eigenvalue weighted by Crippen LogP contribution is -2.52. The maximum Gasteiger partial charge on any atom is 0.237 e. The highest BCUT2D eigenvalue weighted by Crippen LogP contribution is 2.17. The molecule has 1 atom stereocenters. The minimum Gasteiger partial charge on any atom is -0.352 e. The second-order valence-corrected chi connectivity index (χ2v) is 7.30. The molecule has 0 spiro atoms. The number of hydrogen-bond acceptors (Lipinski definition) is 3. The number of benzene rings is 1. The Labute approximate surface area is 145 Å². The van der Waals surface area contributed by atoms with Gasteiger partial charge in [0, 0.05) is 31.2 Å². The van der Waals surface area contributed by atoms with Crippen LogP contribution in [0.5, 0.6) is 0 Å². The SMILES string of the molecule is CC(C)[C@H](C(=O)NC1CCN(Cc2ccccc2F)CC1)N(C)C. The lowest BCUT2D eigenvalue weighted by atomic mass is 9.99. The largest absolute Gasteiger partial charge is 0.352 e. The Hall–Kier alpha value is -1.46. The third kappa shape index (κ3) is 5.02. The standard InChI is InChI=1S/C19H30FN3O/c1-14(2)18(22(3)4)19(24)21-16-9-11-23(12-10-16)13-15-7-5-6-8-17(15)20/h5-8,14,16,18H,9-13H2,1-4H3,(H,21,24)/t18-/m1/s1. The van der Waals surface area contributed by atoms with Crippen LogP contribution in [0.4, 0.5) is 4.39 Å². The van der Waals surface area contributed by atoms with E-state index in [0.29, 0.717) is 6.54 Å². The van der Waals surface area contributed by atoms with Crippen LogP contribution in [-0.4, -0.2) is 55.0 Å². The molecule has 1 aliphatic rings. The van der Waals surface area contributed by atoms with Crippen molar-refractivity contribution in [3.05, 3.63) is 35.6 Å². The Morgan fingerprint density at radius 3 is 2.46 bits per heavy atom. The average molecular weight is 335 g/mol. The molecule has 4 nitrogen and oxygen atoms in total. The highest BCUT2D eigenvalue weighted by molar-refractivity contribution is 5.82. The van der Waals surface area contributed by atoms with E-state index in [1.807, 2.05) is 31.1 Å². The van der Waals surface area contributed by atoms with Crippen LogP contribution >= 0.6 is 0 Å². The predicted molar refractivity (Wildman–Crippen MR) is 95.2 cm³/mol. The van der Waals surface area contributed by atoms with E-state index in [4.69, 9.17) is 0 Å². The number of hydrogen-bond donors (Lipinski definition) is 1. The topological polar surface area (TPSA) is 35.6 Å². The van der Waals surface area contributed by atoms with Crippen molar-refractivity contribution < 1.29 is 9.18 Å². The van der Waals surface area contributed by atoms with Crippen molar-refractivity contribution >= 4 is 5.91 Å². The van der Waals surface area contributed by atoms with Crippen LogP contribution in [0.25, 0.3) is 0 Å². The highest BCUT2D eigenvalue weighted by Gasteiger charge is 2.28. The van der Waals surface area contributed by atoms with Gasteiger partial charge in [-0.15, -0.1) is 0 Å². The van der Waals surface area contributed by atoms with E-state index in [9.17, 15) is 9.18 Å². The number of likely N-dealkylation sites (tertiary alicyclic amines) is 1. The van der Waals surface area contributed by atoms with Gasteiger partial charge in [-0.1, -0.05) is 32.0 Å². The monoisotopic (exact) mass is 335 g/mol. The quantitative estimate of drug-likeness (QED) is 0.868. The van der Waals surface area contributed by atoms with Crippen molar-refractivity contribution in [3.63, 3.8) is 0 Å². The van der Waals surface area contributed by atoms with Crippen molar-refractivity contribution in [2.24, 2.45) is 5.92 Å². The first-order chi connectivity index (χ1) is 11.4. The summed E-state index contributed by atoms with van der Waals surface area (Å²) in [5.74, 6) is 0.252. The molecule has 0 aromatic heterocycles. The molecule has 0 bridgehead atoms. The van der Waals surface area contributed by atoms with Gasteiger partial charge in [0.05, 0.1) is 6.04 Å². The zero-order valence-corrected chi connectivity index (χ0v) is 15.3. The first-order valence-electron chi connectivity index (χ1n) is 8.81. The normalized spacial score (nSPS) is 18.1. The van der Waals surface area contributed by atoms with Gasteiger partial charge < -0.3 is 5.32 Å². The molecule has 0 radical (unpaired) electrons. The van der Waals surface area contributed by atoms with Crippen LogP contribution in [0.3, 0.4) is 0 Å². The summed E-state index contributed by atoms with van der Waals surface area (Å²) in [5.41, 5.74) is 0.743. The number of nitrogens with zero attached hydrogens (tertiary/aromatic N) is 2. The second kappa shape index (κ2) is 8.58. The number of carbonyl (C=O) groups excluding carboxylic acids is 1. The average Bonchev–Trinajstić information content (AvgIpc) is 2.50. The number of likely N-dealkylation sites (N-methyl/N-ethyl adjacent to an activating group) is 1. The van der Waals surface area contributed by atoms with E-state index in [0.717, 1.165) is 31.5 Å². The predicted octanol–water partition coefficient (Wildman–Crippen LogP) is 2.49. The van der Waals surface area contributed by atoms with E-state index >= 15 is 0 Å². The maximum atomic E-state index is 13.7. The number of piperidine rings is 1. The van der Waals surface area contributed by atoms with Crippen LogP contribution in [0.2, 0.25) is 0 Å². The Morgan fingerprint density at radius 2 is 1.92 bits per heavy atom. The number of halogens is 1. The fraction of sp³-hybridized carbons (Fsp3) is 0.632. The van der Waals surface area contributed by atoms with E-state index in [-0.39, 0.29) is 29.7 Å². The molecule has 5 heteroatoms. The number of carbonyl (C=O) groups is 1. The van der Waals surface area contributed by atoms with E-state index in [1.165, 1.54) is 6.07 Å². The molecule has 2 rings (SSSR count). The summed E-state index contributed by atoms with van der Waals surface area (Å²) in [6.45, 7) is 6.54. The van der Waals surface area contributed by atoms with Crippen molar-refractivity contribution in [2.75, 3.05) is 27.2 Å². The van der Waals surface area contributed by atoms with Gasteiger partial charge in [-0.2, -0.15) is 0 Å². The summed E-state index contributed by atoms with van der Waals surface area (Å²) in [7, 11) is 3.89. The first kappa shape index (κ1) is 18.9. The molecule has 1 fully saturated rings. The molecule has 1 aliphatic heterocycles. The summed E-state index contributed by atoms with van der Waals surface area (Å²) >= 11 is 0. The first-order valence-corrected chi connectivity index (χ1v) is 8.81. The van der Waals surface area contributed by atoms with Gasteiger partial charge in [-0.25, -0.2) is 4.39 Å². The van der Waals surface area contributed by atoms with E-state index < -0.39 is 0 Å². The van der Waals surface area contributed by atoms with Crippen molar-refractivity contribution in [1.82, 2.24) is 15.1 Å². The summed E-state index contributed by atoms with van der Waals surface area (Å²) in [6.07, 6.45) is 1.83. The third-order valence-electron chi connectivity index (χ3n) is 4.74. The Morgan fingerprint density at radius 1 is 1.29 bits per heavy atom. The highest BCUT2D eigenvalue weighted by atomic mass is 19.1. The van der Waals surface area contributed by atoms with Crippen LogP contribution in [-0.2, 0) is 11.3 Å². The molecule has 134 valence electrons.